The molecule has 0 aliphatic carbocycles. The highest BCUT2D eigenvalue weighted by Gasteiger charge is 2.43. The van der Waals surface area contributed by atoms with Crippen LogP contribution in [0.5, 0.6) is 5.75 Å². The number of carboxylic acid groups (broad SMARTS) is 1. The van der Waals surface area contributed by atoms with Gasteiger partial charge in [-0.1, -0.05) is 18.2 Å². The van der Waals surface area contributed by atoms with E-state index < -0.39 is 12.0 Å². The Balaban J connectivity index is 2.02. The first-order valence-corrected chi connectivity index (χ1v) is 6.14. The van der Waals surface area contributed by atoms with Crippen LogP contribution in [0.15, 0.2) is 18.2 Å². The number of carbonyl (C=O) groups is 1. The summed E-state index contributed by atoms with van der Waals surface area (Å²) in [7, 11) is 0. The predicted octanol–water partition coefficient (Wildman–Crippen LogP) is 0.996. The van der Waals surface area contributed by atoms with Crippen LogP contribution in [-0.2, 0) is 4.79 Å². The van der Waals surface area contributed by atoms with Crippen molar-refractivity contribution < 1.29 is 14.6 Å². The van der Waals surface area contributed by atoms with E-state index in [0.717, 1.165) is 23.3 Å². The van der Waals surface area contributed by atoms with Crippen molar-refractivity contribution in [3.05, 3.63) is 29.3 Å². The second-order valence-electron chi connectivity index (χ2n) is 4.88. The normalized spacial score (nSPS) is 29.9. The Labute approximate surface area is 105 Å². The third kappa shape index (κ3) is 1.67. The van der Waals surface area contributed by atoms with E-state index in [9.17, 15) is 9.90 Å². The zero-order valence-electron chi connectivity index (χ0n) is 10.1. The summed E-state index contributed by atoms with van der Waals surface area (Å²) in [4.78, 5) is 11.2. The second kappa shape index (κ2) is 4.26. The molecule has 5 heteroatoms. The van der Waals surface area contributed by atoms with Crippen LogP contribution in [0.25, 0.3) is 0 Å². The predicted molar refractivity (Wildman–Crippen MR) is 65.2 cm³/mol. The van der Waals surface area contributed by atoms with Crippen molar-refractivity contribution in [1.29, 1.82) is 0 Å². The molecule has 3 rings (SSSR count). The number of hydrazine groups is 1. The van der Waals surface area contributed by atoms with Crippen molar-refractivity contribution in [1.82, 2.24) is 10.9 Å². The molecule has 0 saturated carbocycles. The van der Waals surface area contributed by atoms with Crippen molar-refractivity contribution in [3.63, 3.8) is 0 Å². The molecule has 2 heterocycles. The molecule has 1 fully saturated rings. The lowest BCUT2D eigenvalue weighted by Crippen LogP contribution is -2.38. The van der Waals surface area contributed by atoms with Gasteiger partial charge < -0.3 is 9.84 Å². The SMILES string of the molecule is Cc1cccc2c1OCCC1C(C(=O)O)NNC21. The number of aryl methyl sites for hydroxylation is 1. The fraction of sp³-hybridized carbons (Fsp3) is 0.462. The molecule has 2 aliphatic heterocycles. The Bertz CT molecular complexity index is 489. The quantitative estimate of drug-likeness (QED) is 0.691. The van der Waals surface area contributed by atoms with Crippen molar-refractivity contribution in [2.75, 3.05) is 6.61 Å². The molecule has 96 valence electrons. The minimum Gasteiger partial charge on any atom is -0.493 e. The van der Waals surface area contributed by atoms with Crippen molar-refractivity contribution in [3.8, 4) is 5.75 Å². The first kappa shape index (κ1) is 11.5. The maximum atomic E-state index is 11.2. The largest absolute Gasteiger partial charge is 0.493 e. The van der Waals surface area contributed by atoms with Gasteiger partial charge in [-0.15, -0.1) is 0 Å². The summed E-state index contributed by atoms with van der Waals surface area (Å²) in [5.74, 6) is 0.0991. The number of nitrogens with one attached hydrogen (secondary N) is 2. The fourth-order valence-corrected chi connectivity index (χ4v) is 2.89. The monoisotopic (exact) mass is 248 g/mol. The number of carboxylic acids is 1. The molecule has 2 aliphatic rings. The summed E-state index contributed by atoms with van der Waals surface area (Å²) in [5, 5.41) is 9.20. The molecular weight excluding hydrogens is 232 g/mol. The zero-order valence-corrected chi connectivity index (χ0v) is 10.1. The van der Waals surface area contributed by atoms with Crippen LogP contribution in [0.2, 0.25) is 0 Å². The molecule has 0 aromatic heterocycles. The standard InChI is InChI=1S/C13H16N2O3/c1-7-3-2-4-9-10-8(5-6-18-12(7)9)11(13(16)17)15-14-10/h2-4,8,10-11,14-15H,5-6H2,1H3,(H,16,17). The summed E-state index contributed by atoms with van der Waals surface area (Å²) in [6.07, 6.45) is 0.732. The maximum Gasteiger partial charge on any atom is 0.322 e. The van der Waals surface area contributed by atoms with E-state index in [-0.39, 0.29) is 12.0 Å². The Morgan fingerprint density at radius 3 is 3.06 bits per heavy atom. The minimum absolute atomic E-state index is 0.00324. The molecule has 18 heavy (non-hydrogen) atoms. The van der Waals surface area contributed by atoms with Gasteiger partial charge in [-0.3, -0.25) is 4.79 Å². The van der Waals surface area contributed by atoms with E-state index in [2.05, 4.69) is 10.9 Å². The Kier molecular flexibility index (Phi) is 2.72. The number of hydrogen-bond donors (Lipinski definition) is 3. The Morgan fingerprint density at radius 1 is 1.44 bits per heavy atom. The van der Waals surface area contributed by atoms with Crippen LogP contribution >= 0.6 is 0 Å². The molecule has 0 radical (unpaired) electrons. The molecule has 3 atom stereocenters. The average Bonchev–Trinajstić information content (AvgIpc) is 2.67. The van der Waals surface area contributed by atoms with Gasteiger partial charge in [0.1, 0.15) is 11.8 Å². The van der Waals surface area contributed by atoms with Crippen molar-refractivity contribution in [2.24, 2.45) is 5.92 Å². The molecular formula is C13H16N2O3. The summed E-state index contributed by atoms with van der Waals surface area (Å²) in [6.45, 7) is 2.57. The van der Waals surface area contributed by atoms with Gasteiger partial charge in [0.25, 0.3) is 0 Å². The summed E-state index contributed by atoms with van der Waals surface area (Å²) in [6, 6.07) is 5.45. The average molecular weight is 248 g/mol. The summed E-state index contributed by atoms with van der Waals surface area (Å²) >= 11 is 0. The van der Waals surface area contributed by atoms with E-state index in [1.807, 2.05) is 25.1 Å². The van der Waals surface area contributed by atoms with Gasteiger partial charge >= 0.3 is 5.97 Å². The highest BCUT2D eigenvalue weighted by atomic mass is 16.5. The molecule has 0 bridgehead atoms. The smallest absolute Gasteiger partial charge is 0.322 e. The van der Waals surface area contributed by atoms with Crippen LogP contribution < -0.4 is 15.6 Å². The van der Waals surface area contributed by atoms with E-state index in [4.69, 9.17) is 4.74 Å². The topological polar surface area (TPSA) is 70.6 Å². The van der Waals surface area contributed by atoms with Gasteiger partial charge in [0.15, 0.2) is 0 Å². The third-order valence-corrected chi connectivity index (χ3v) is 3.79. The van der Waals surface area contributed by atoms with Crippen molar-refractivity contribution in [2.45, 2.75) is 25.4 Å². The fourth-order valence-electron chi connectivity index (χ4n) is 2.89. The van der Waals surface area contributed by atoms with Gasteiger partial charge in [-0.2, -0.15) is 0 Å². The number of ether oxygens (including phenoxy) is 1. The number of hydrogen-bond acceptors (Lipinski definition) is 4. The summed E-state index contributed by atoms with van der Waals surface area (Å²) in [5.41, 5.74) is 8.12. The van der Waals surface area contributed by atoms with E-state index in [0.29, 0.717) is 6.61 Å². The van der Waals surface area contributed by atoms with Gasteiger partial charge in [0.2, 0.25) is 0 Å². The highest BCUT2D eigenvalue weighted by molar-refractivity contribution is 5.74. The lowest BCUT2D eigenvalue weighted by atomic mass is 9.87. The second-order valence-corrected chi connectivity index (χ2v) is 4.88. The number of aliphatic carboxylic acids is 1. The van der Waals surface area contributed by atoms with Crippen LogP contribution in [0.3, 0.4) is 0 Å². The lowest BCUT2D eigenvalue weighted by molar-refractivity contribution is -0.140. The molecule has 1 aromatic carbocycles. The van der Waals surface area contributed by atoms with Gasteiger partial charge in [0, 0.05) is 11.5 Å². The van der Waals surface area contributed by atoms with Gasteiger partial charge in [-0.05, 0) is 18.9 Å². The maximum absolute atomic E-state index is 11.2. The van der Waals surface area contributed by atoms with Crippen LogP contribution in [0.1, 0.15) is 23.6 Å². The van der Waals surface area contributed by atoms with Crippen LogP contribution in [-0.4, -0.2) is 23.7 Å². The zero-order chi connectivity index (χ0) is 12.7. The number of benzene rings is 1. The molecule has 3 unspecified atom stereocenters. The molecule has 0 amide bonds. The first-order valence-electron chi connectivity index (χ1n) is 6.14. The molecule has 0 spiro atoms. The molecule has 3 N–H and O–H groups in total. The molecule has 1 saturated heterocycles. The number of para-hydroxylation sites is 1. The van der Waals surface area contributed by atoms with E-state index in [1.54, 1.807) is 0 Å². The third-order valence-electron chi connectivity index (χ3n) is 3.79. The summed E-state index contributed by atoms with van der Waals surface area (Å²) < 4.78 is 5.78. The minimum atomic E-state index is -0.814. The Morgan fingerprint density at radius 2 is 2.28 bits per heavy atom. The van der Waals surface area contributed by atoms with Gasteiger partial charge in [-0.25, -0.2) is 10.9 Å². The number of fused-ring (bicyclic) bond motifs is 3. The lowest BCUT2D eigenvalue weighted by Gasteiger charge is -2.18. The molecule has 1 aromatic rings. The highest BCUT2D eigenvalue weighted by Crippen LogP contribution is 2.40. The van der Waals surface area contributed by atoms with Gasteiger partial charge in [0.05, 0.1) is 12.6 Å². The Hall–Kier alpha value is -1.59. The van der Waals surface area contributed by atoms with E-state index in [1.165, 1.54) is 0 Å². The molecule has 5 nitrogen and oxygen atoms in total. The van der Waals surface area contributed by atoms with Crippen LogP contribution in [0.4, 0.5) is 0 Å². The van der Waals surface area contributed by atoms with E-state index >= 15 is 0 Å². The first-order chi connectivity index (χ1) is 8.68. The van der Waals surface area contributed by atoms with Crippen molar-refractivity contribution >= 4 is 5.97 Å². The van der Waals surface area contributed by atoms with Crippen LogP contribution in [0, 0.1) is 12.8 Å². The number of rotatable bonds is 1.